The molecule has 3 heteroatoms. The lowest BCUT2D eigenvalue weighted by Crippen LogP contribution is -2.33. The Labute approximate surface area is 114 Å². The molecule has 0 spiro atoms. The molecule has 1 saturated carbocycles. The smallest absolute Gasteiger partial charge is 0.0859 e. The van der Waals surface area contributed by atoms with Gasteiger partial charge in [-0.3, -0.25) is 4.99 Å². The van der Waals surface area contributed by atoms with Gasteiger partial charge in [0, 0.05) is 6.54 Å². The van der Waals surface area contributed by atoms with Crippen molar-refractivity contribution in [3.63, 3.8) is 0 Å². The molecule has 2 nitrogen and oxygen atoms in total. The lowest BCUT2D eigenvalue weighted by molar-refractivity contribution is 0.194. The Balaban J connectivity index is 1.81. The molecule has 0 radical (unpaired) electrons. The lowest BCUT2D eigenvalue weighted by Gasteiger charge is -2.36. The van der Waals surface area contributed by atoms with E-state index in [0.29, 0.717) is 12.1 Å². The van der Waals surface area contributed by atoms with Gasteiger partial charge < -0.3 is 4.90 Å². The van der Waals surface area contributed by atoms with Crippen LogP contribution in [0.25, 0.3) is 0 Å². The normalized spacial score (nSPS) is 26.7. The summed E-state index contributed by atoms with van der Waals surface area (Å²) in [6, 6.07) is 3.35. The van der Waals surface area contributed by atoms with Gasteiger partial charge in [-0.25, -0.2) is 0 Å². The van der Waals surface area contributed by atoms with Gasteiger partial charge in [-0.15, -0.1) is 0 Å². The summed E-state index contributed by atoms with van der Waals surface area (Å²) < 4.78 is 0. The quantitative estimate of drug-likeness (QED) is 0.800. The van der Waals surface area contributed by atoms with Gasteiger partial charge in [0.05, 0.1) is 18.4 Å². The number of thiophene rings is 1. The monoisotopic (exact) mass is 262 g/mol. The fraction of sp³-hybridized carbons (Fsp3) is 0.667. The first-order chi connectivity index (χ1) is 8.84. The summed E-state index contributed by atoms with van der Waals surface area (Å²) >= 11 is 1.82. The predicted molar refractivity (Wildman–Crippen MR) is 78.3 cm³/mol. The number of hydrogen-bond acceptors (Lipinski definition) is 3. The van der Waals surface area contributed by atoms with Crippen LogP contribution in [0.5, 0.6) is 0 Å². The average Bonchev–Trinajstić information content (AvgIpc) is 3.04. The van der Waals surface area contributed by atoms with E-state index in [1.54, 1.807) is 0 Å². The number of aliphatic imine (C=N–C) groups is 1. The van der Waals surface area contributed by atoms with Gasteiger partial charge in [0.25, 0.3) is 0 Å². The Morgan fingerprint density at radius 2 is 2.17 bits per heavy atom. The van der Waals surface area contributed by atoms with E-state index >= 15 is 0 Å². The predicted octanol–water partition coefficient (Wildman–Crippen LogP) is 4.10. The minimum atomic E-state index is 0.467. The maximum Gasteiger partial charge on any atom is 0.0859 e. The first-order valence-corrected chi connectivity index (χ1v) is 8.10. The van der Waals surface area contributed by atoms with Crippen molar-refractivity contribution in [2.75, 3.05) is 6.54 Å². The summed E-state index contributed by atoms with van der Waals surface area (Å²) in [6.07, 6.45) is 9.12. The summed E-state index contributed by atoms with van der Waals surface area (Å²) in [7, 11) is 0. The third kappa shape index (κ3) is 2.46. The van der Waals surface area contributed by atoms with Crippen molar-refractivity contribution in [3.8, 4) is 0 Å². The highest BCUT2D eigenvalue weighted by atomic mass is 32.1. The first kappa shape index (κ1) is 12.2. The van der Waals surface area contributed by atoms with Crippen LogP contribution in [0.3, 0.4) is 0 Å². The van der Waals surface area contributed by atoms with E-state index in [1.807, 2.05) is 11.3 Å². The molecule has 2 aliphatic rings. The topological polar surface area (TPSA) is 15.6 Å². The van der Waals surface area contributed by atoms with Crippen LogP contribution >= 0.6 is 11.3 Å². The molecule has 0 amide bonds. The van der Waals surface area contributed by atoms with Crippen molar-refractivity contribution >= 4 is 17.7 Å². The number of rotatable bonds is 3. The Kier molecular flexibility index (Phi) is 3.69. The van der Waals surface area contributed by atoms with Crippen molar-refractivity contribution < 1.29 is 0 Å². The molecule has 1 aromatic heterocycles. The van der Waals surface area contributed by atoms with Crippen LogP contribution < -0.4 is 0 Å². The van der Waals surface area contributed by atoms with Crippen LogP contribution in [0, 0.1) is 5.92 Å². The number of nitrogens with zero attached hydrogens (tertiary/aromatic N) is 2. The van der Waals surface area contributed by atoms with Crippen LogP contribution in [0.15, 0.2) is 21.8 Å². The first-order valence-electron chi connectivity index (χ1n) is 7.16. The van der Waals surface area contributed by atoms with Crippen molar-refractivity contribution in [1.82, 2.24) is 4.90 Å². The molecule has 1 fully saturated rings. The molecule has 18 heavy (non-hydrogen) atoms. The lowest BCUT2D eigenvalue weighted by atomic mass is 9.81. The zero-order valence-corrected chi connectivity index (χ0v) is 11.9. The maximum atomic E-state index is 4.55. The van der Waals surface area contributed by atoms with Crippen molar-refractivity contribution in [2.45, 2.75) is 51.1 Å². The summed E-state index contributed by atoms with van der Waals surface area (Å²) in [5.74, 6) is 0.824. The van der Waals surface area contributed by atoms with Gasteiger partial charge in [0.2, 0.25) is 0 Å². The third-order valence-electron chi connectivity index (χ3n) is 4.28. The van der Waals surface area contributed by atoms with Crippen LogP contribution in [0.2, 0.25) is 0 Å². The van der Waals surface area contributed by atoms with Crippen LogP contribution in [-0.2, 0) is 0 Å². The zero-order chi connectivity index (χ0) is 12.4. The Morgan fingerprint density at radius 1 is 1.33 bits per heavy atom. The average molecular weight is 262 g/mol. The molecule has 2 atom stereocenters. The molecule has 98 valence electrons. The molecule has 1 aromatic rings. The fourth-order valence-corrected chi connectivity index (χ4v) is 4.10. The summed E-state index contributed by atoms with van der Waals surface area (Å²) in [4.78, 5) is 7.04. The molecule has 0 bridgehead atoms. The highest BCUT2D eigenvalue weighted by Crippen LogP contribution is 2.39. The maximum absolute atomic E-state index is 4.55. The molecular weight excluding hydrogens is 240 g/mol. The van der Waals surface area contributed by atoms with Gasteiger partial charge in [-0.1, -0.05) is 19.3 Å². The van der Waals surface area contributed by atoms with E-state index in [-0.39, 0.29) is 0 Å². The highest BCUT2D eigenvalue weighted by molar-refractivity contribution is 7.07. The van der Waals surface area contributed by atoms with Gasteiger partial charge >= 0.3 is 0 Å². The van der Waals surface area contributed by atoms with Crippen molar-refractivity contribution in [3.05, 3.63) is 22.4 Å². The minimum absolute atomic E-state index is 0.467. The molecule has 0 aromatic carbocycles. The minimum Gasteiger partial charge on any atom is -0.353 e. The summed E-state index contributed by atoms with van der Waals surface area (Å²) in [6.45, 7) is 3.30. The van der Waals surface area contributed by atoms with E-state index in [9.17, 15) is 0 Å². The Morgan fingerprint density at radius 3 is 2.78 bits per heavy atom. The Bertz CT molecular complexity index is 393. The van der Waals surface area contributed by atoms with E-state index in [4.69, 9.17) is 0 Å². The number of hydrogen-bond donors (Lipinski definition) is 0. The van der Waals surface area contributed by atoms with E-state index in [1.165, 1.54) is 37.7 Å². The van der Waals surface area contributed by atoms with Crippen LogP contribution in [-0.4, -0.2) is 23.8 Å². The van der Waals surface area contributed by atoms with Crippen LogP contribution in [0.4, 0.5) is 0 Å². The zero-order valence-electron chi connectivity index (χ0n) is 11.1. The van der Waals surface area contributed by atoms with Gasteiger partial charge in [0.1, 0.15) is 0 Å². The third-order valence-corrected chi connectivity index (χ3v) is 4.98. The highest BCUT2D eigenvalue weighted by Gasteiger charge is 2.31. The Hall–Kier alpha value is -0.830. The summed E-state index contributed by atoms with van der Waals surface area (Å²) in [5, 5.41) is 4.54. The van der Waals surface area contributed by atoms with Crippen molar-refractivity contribution in [1.29, 1.82) is 0 Å². The fourth-order valence-electron chi connectivity index (χ4n) is 3.41. The molecule has 2 unspecified atom stereocenters. The molecule has 3 rings (SSSR count). The second kappa shape index (κ2) is 5.43. The molecule has 0 saturated heterocycles. The SMILES string of the molecule is CC1CN(C(c2ccsc2)C2CCCCC2)C=N1. The molecule has 2 heterocycles. The molecular formula is C15H22N2S. The largest absolute Gasteiger partial charge is 0.353 e. The second-order valence-electron chi connectivity index (χ2n) is 5.71. The molecule has 1 aliphatic carbocycles. The standard InChI is InChI=1S/C15H22N2S/c1-12-9-17(11-16-12)15(14-7-8-18-10-14)13-5-3-2-4-6-13/h7-8,10-13,15H,2-6,9H2,1H3. The van der Waals surface area contributed by atoms with Gasteiger partial charge in [0.15, 0.2) is 0 Å². The molecule has 0 N–H and O–H groups in total. The van der Waals surface area contributed by atoms with E-state index < -0.39 is 0 Å². The van der Waals surface area contributed by atoms with Crippen LogP contribution in [0.1, 0.15) is 50.6 Å². The van der Waals surface area contributed by atoms with Crippen molar-refractivity contribution in [2.24, 2.45) is 10.9 Å². The van der Waals surface area contributed by atoms with E-state index in [2.05, 4.69) is 40.0 Å². The van der Waals surface area contributed by atoms with E-state index in [0.717, 1.165) is 12.5 Å². The summed E-state index contributed by atoms with van der Waals surface area (Å²) in [5.41, 5.74) is 1.51. The van der Waals surface area contributed by atoms with Gasteiger partial charge in [-0.05, 0) is 48.1 Å². The second-order valence-corrected chi connectivity index (χ2v) is 6.49. The molecule has 1 aliphatic heterocycles. The van der Waals surface area contributed by atoms with Gasteiger partial charge in [-0.2, -0.15) is 11.3 Å².